The summed E-state index contributed by atoms with van der Waals surface area (Å²) in [7, 11) is 0. The zero-order chi connectivity index (χ0) is 12.1. The van der Waals surface area contributed by atoms with Crippen LogP contribution in [-0.2, 0) is 0 Å². The van der Waals surface area contributed by atoms with Crippen molar-refractivity contribution < 1.29 is 4.79 Å². The Morgan fingerprint density at radius 2 is 1.82 bits per heavy atom. The predicted octanol–water partition coefficient (Wildman–Crippen LogP) is 3.45. The Labute approximate surface area is 105 Å². The van der Waals surface area contributed by atoms with E-state index in [1.807, 2.05) is 55.5 Å². The van der Waals surface area contributed by atoms with Gasteiger partial charge in [0.2, 0.25) is 0 Å². The van der Waals surface area contributed by atoms with Crippen molar-refractivity contribution in [1.82, 2.24) is 4.98 Å². The van der Waals surface area contributed by atoms with Gasteiger partial charge in [0, 0.05) is 11.8 Å². The van der Waals surface area contributed by atoms with E-state index in [0.717, 1.165) is 10.6 Å². The second kappa shape index (κ2) is 5.64. The highest BCUT2D eigenvalue weighted by atomic mass is 32.2. The highest BCUT2D eigenvalue weighted by molar-refractivity contribution is 8.00. The van der Waals surface area contributed by atoms with E-state index in [-0.39, 0.29) is 11.0 Å². The summed E-state index contributed by atoms with van der Waals surface area (Å²) < 4.78 is 0. The summed E-state index contributed by atoms with van der Waals surface area (Å²) in [6.45, 7) is 1.91. The van der Waals surface area contributed by atoms with Gasteiger partial charge in [-0.1, -0.05) is 48.2 Å². The average Bonchev–Trinajstić information content (AvgIpc) is 2.40. The lowest BCUT2D eigenvalue weighted by atomic mass is 10.1. The van der Waals surface area contributed by atoms with Crippen molar-refractivity contribution in [2.24, 2.45) is 0 Å². The number of pyridine rings is 1. The Kier molecular flexibility index (Phi) is 3.94. The number of aromatic nitrogens is 1. The minimum absolute atomic E-state index is 0.118. The van der Waals surface area contributed by atoms with Gasteiger partial charge in [0.25, 0.3) is 0 Å². The van der Waals surface area contributed by atoms with Gasteiger partial charge in [-0.15, -0.1) is 0 Å². The second-order valence-corrected chi connectivity index (χ2v) is 5.02. The molecule has 0 amide bonds. The highest BCUT2D eigenvalue weighted by Crippen LogP contribution is 2.23. The number of nitrogens with zero attached hydrogens (tertiary/aromatic N) is 1. The number of ketones is 1. The normalized spacial score (nSPS) is 12.1. The van der Waals surface area contributed by atoms with Gasteiger partial charge in [0.1, 0.15) is 0 Å². The second-order valence-electron chi connectivity index (χ2n) is 3.66. The molecule has 0 radical (unpaired) electrons. The molecule has 2 aromatic rings. The molecule has 0 unspecified atom stereocenters. The van der Waals surface area contributed by atoms with E-state index < -0.39 is 0 Å². The molecular formula is C14H13NOS. The molecule has 0 saturated carbocycles. The monoisotopic (exact) mass is 243 g/mol. The van der Waals surface area contributed by atoms with E-state index >= 15 is 0 Å². The van der Waals surface area contributed by atoms with Crippen LogP contribution in [0.5, 0.6) is 0 Å². The zero-order valence-electron chi connectivity index (χ0n) is 9.54. The van der Waals surface area contributed by atoms with Gasteiger partial charge in [0.15, 0.2) is 5.78 Å². The van der Waals surface area contributed by atoms with Crippen LogP contribution in [0.4, 0.5) is 0 Å². The molecule has 0 aliphatic rings. The lowest BCUT2D eigenvalue weighted by Gasteiger charge is -2.09. The van der Waals surface area contributed by atoms with Gasteiger partial charge >= 0.3 is 0 Å². The fourth-order valence-electron chi connectivity index (χ4n) is 1.49. The Bertz CT molecular complexity index is 484. The van der Waals surface area contributed by atoms with Crippen molar-refractivity contribution in [3.63, 3.8) is 0 Å². The van der Waals surface area contributed by atoms with Crippen LogP contribution in [0.3, 0.4) is 0 Å². The molecule has 0 N–H and O–H groups in total. The van der Waals surface area contributed by atoms with Crippen molar-refractivity contribution in [3.8, 4) is 0 Å². The number of hydrogen-bond acceptors (Lipinski definition) is 3. The van der Waals surface area contributed by atoms with Crippen LogP contribution in [0, 0.1) is 0 Å². The van der Waals surface area contributed by atoms with Crippen LogP contribution in [-0.4, -0.2) is 16.0 Å². The average molecular weight is 243 g/mol. The molecule has 3 heteroatoms. The predicted molar refractivity (Wildman–Crippen MR) is 70.3 cm³/mol. The summed E-state index contributed by atoms with van der Waals surface area (Å²) in [6, 6.07) is 15.1. The molecule has 86 valence electrons. The Hall–Kier alpha value is -1.61. The minimum Gasteiger partial charge on any atom is -0.293 e. The maximum Gasteiger partial charge on any atom is 0.175 e. The molecule has 17 heavy (non-hydrogen) atoms. The number of thioether (sulfide) groups is 1. The quantitative estimate of drug-likeness (QED) is 0.608. The lowest BCUT2D eigenvalue weighted by Crippen LogP contribution is -2.13. The van der Waals surface area contributed by atoms with Crippen molar-refractivity contribution in [3.05, 3.63) is 60.3 Å². The number of hydrogen-bond donors (Lipinski definition) is 0. The van der Waals surface area contributed by atoms with E-state index in [9.17, 15) is 4.79 Å². The number of Topliss-reactive ketones (excluding diaryl/α,β-unsaturated/α-hetero) is 1. The third-order valence-corrected chi connectivity index (χ3v) is 3.41. The van der Waals surface area contributed by atoms with Gasteiger partial charge in [-0.05, 0) is 19.1 Å². The molecule has 0 aliphatic carbocycles. The number of rotatable bonds is 4. The van der Waals surface area contributed by atoms with Gasteiger partial charge in [-0.3, -0.25) is 4.79 Å². The van der Waals surface area contributed by atoms with Gasteiger partial charge in [-0.25, -0.2) is 4.98 Å². The van der Waals surface area contributed by atoms with Crippen LogP contribution in [0.2, 0.25) is 0 Å². The molecule has 1 aromatic heterocycles. The number of benzene rings is 1. The largest absolute Gasteiger partial charge is 0.293 e. The Morgan fingerprint density at radius 3 is 2.47 bits per heavy atom. The first-order valence-corrected chi connectivity index (χ1v) is 6.32. The third-order valence-electron chi connectivity index (χ3n) is 2.36. The molecule has 2 rings (SSSR count). The fourth-order valence-corrected chi connectivity index (χ4v) is 2.37. The first-order chi connectivity index (χ1) is 8.27. The van der Waals surface area contributed by atoms with Crippen molar-refractivity contribution in [1.29, 1.82) is 0 Å². The Balaban J connectivity index is 2.06. The fraction of sp³-hybridized carbons (Fsp3) is 0.143. The highest BCUT2D eigenvalue weighted by Gasteiger charge is 2.16. The summed E-state index contributed by atoms with van der Waals surface area (Å²) >= 11 is 1.49. The third kappa shape index (κ3) is 3.17. The van der Waals surface area contributed by atoms with Gasteiger partial charge < -0.3 is 0 Å². The zero-order valence-corrected chi connectivity index (χ0v) is 10.4. The van der Waals surface area contributed by atoms with E-state index in [1.54, 1.807) is 6.20 Å². The number of carbonyl (C=O) groups is 1. The molecule has 0 bridgehead atoms. The molecule has 2 nitrogen and oxygen atoms in total. The van der Waals surface area contributed by atoms with Gasteiger partial charge in [-0.2, -0.15) is 0 Å². The SMILES string of the molecule is C[C@@H](Sc1ccccn1)C(=O)c1ccccc1. The lowest BCUT2D eigenvalue weighted by molar-refractivity contribution is 0.0994. The van der Waals surface area contributed by atoms with Gasteiger partial charge in [0.05, 0.1) is 10.3 Å². The topological polar surface area (TPSA) is 30.0 Å². The van der Waals surface area contributed by atoms with Crippen LogP contribution in [0.25, 0.3) is 0 Å². The molecule has 0 saturated heterocycles. The molecule has 0 fully saturated rings. The van der Waals surface area contributed by atoms with Crippen LogP contribution in [0.15, 0.2) is 59.8 Å². The molecule has 0 spiro atoms. The van der Waals surface area contributed by atoms with E-state index in [2.05, 4.69) is 4.98 Å². The van der Waals surface area contributed by atoms with Crippen molar-refractivity contribution >= 4 is 17.5 Å². The Morgan fingerprint density at radius 1 is 1.12 bits per heavy atom. The molecular weight excluding hydrogens is 230 g/mol. The van der Waals surface area contributed by atoms with E-state index in [4.69, 9.17) is 0 Å². The maximum absolute atomic E-state index is 12.1. The van der Waals surface area contributed by atoms with Crippen molar-refractivity contribution in [2.45, 2.75) is 17.2 Å². The molecule has 1 heterocycles. The van der Waals surface area contributed by atoms with E-state index in [0.29, 0.717) is 0 Å². The minimum atomic E-state index is -0.118. The standard InChI is InChI=1S/C14H13NOS/c1-11(17-13-9-5-6-10-15-13)14(16)12-7-3-2-4-8-12/h2-11H,1H3/t11-/m1/s1. The van der Waals surface area contributed by atoms with Crippen molar-refractivity contribution in [2.75, 3.05) is 0 Å². The smallest absolute Gasteiger partial charge is 0.175 e. The summed E-state index contributed by atoms with van der Waals surface area (Å²) in [5.74, 6) is 0.140. The maximum atomic E-state index is 12.1. The summed E-state index contributed by atoms with van der Waals surface area (Å²) in [4.78, 5) is 16.3. The molecule has 0 aliphatic heterocycles. The van der Waals surface area contributed by atoms with Crippen LogP contribution in [0.1, 0.15) is 17.3 Å². The van der Waals surface area contributed by atoms with Crippen LogP contribution < -0.4 is 0 Å². The summed E-state index contributed by atoms with van der Waals surface area (Å²) in [5.41, 5.74) is 0.753. The first-order valence-electron chi connectivity index (χ1n) is 5.44. The van der Waals surface area contributed by atoms with Crippen LogP contribution >= 0.6 is 11.8 Å². The van der Waals surface area contributed by atoms with E-state index in [1.165, 1.54) is 11.8 Å². The molecule has 1 aromatic carbocycles. The number of carbonyl (C=O) groups excluding carboxylic acids is 1. The first kappa shape index (κ1) is 11.9. The summed E-state index contributed by atoms with van der Waals surface area (Å²) in [5, 5.41) is 0.761. The summed E-state index contributed by atoms with van der Waals surface area (Å²) in [6.07, 6.45) is 1.74. The molecule has 1 atom stereocenters.